The number of hydrogen-bond acceptors (Lipinski definition) is 4. The Morgan fingerprint density at radius 3 is 1.88 bits per heavy atom. The van der Waals surface area contributed by atoms with Crippen LogP contribution in [0.15, 0.2) is 158 Å². The Balaban J connectivity index is 1.35. The number of pyridine rings is 1. The Morgan fingerprint density at radius 2 is 1.31 bits per heavy atom. The fourth-order valence-electron chi connectivity index (χ4n) is 6.92. The zero-order valence-corrected chi connectivity index (χ0v) is 27.0. The van der Waals surface area contributed by atoms with Crippen molar-refractivity contribution < 1.29 is 4.79 Å². The minimum absolute atomic E-state index is 0.0720. The highest BCUT2D eigenvalue weighted by molar-refractivity contribution is 6.03. The van der Waals surface area contributed by atoms with Gasteiger partial charge in [0.05, 0.1) is 16.6 Å². The summed E-state index contributed by atoms with van der Waals surface area (Å²) in [5.41, 5.74) is 7.59. The molecule has 0 unspecified atom stereocenters. The van der Waals surface area contributed by atoms with Crippen LogP contribution in [-0.4, -0.2) is 36.7 Å². The predicted molar refractivity (Wildman–Crippen MR) is 194 cm³/mol. The SMILES string of the molecule is C[C@H](Cc1ccccc1)NC(=O)c1nc2cc3c(-c4ccncc4)nn(C(c4ccccc4)(c4ccccc4)c4ccccc4)c3cc2[nH]1. The molecule has 0 fully saturated rings. The summed E-state index contributed by atoms with van der Waals surface area (Å²) in [6.07, 6.45) is 4.29. The van der Waals surface area contributed by atoms with Crippen LogP contribution >= 0.6 is 0 Å². The molecular weight excluding hydrogens is 605 g/mol. The van der Waals surface area contributed by atoms with Crippen LogP contribution in [0.3, 0.4) is 0 Å². The number of amides is 1. The van der Waals surface area contributed by atoms with E-state index in [1.165, 1.54) is 0 Å². The minimum Gasteiger partial charge on any atom is -0.347 e. The van der Waals surface area contributed by atoms with Gasteiger partial charge in [-0.3, -0.25) is 9.78 Å². The Labute approximate surface area is 284 Å². The van der Waals surface area contributed by atoms with Gasteiger partial charge in [-0.25, -0.2) is 9.67 Å². The van der Waals surface area contributed by atoms with E-state index in [2.05, 4.69) is 111 Å². The van der Waals surface area contributed by atoms with Crippen molar-refractivity contribution in [3.05, 3.63) is 186 Å². The van der Waals surface area contributed by atoms with E-state index in [-0.39, 0.29) is 17.8 Å². The van der Waals surface area contributed by atoms with Crippen LogP contribution in [0.1, 0.15) is 39.8 Å². The van der Waals surface area contributed by atoms with Crippen LogP contribution in [0.2, 0.25) is 0 Å². The maximum absolute atomic E-state index is 13.5. The molecule has 0 radical (unpaired) electrons. The molecule has 0 aliphatic rings. The van der Waals surface area contributed by atoms with E-state index in [0.29, 0.717) is 5.52 Å². The maximum atomic E-state index is 13.5. The lowest BCUT2D eigenvalue weighted by atomic mass is 9.77. The third-order valence-electron chi connectivity index (χ3n) is 9.11. The number of fused-ring (bicyclic) bond motifs is 2. The molecule has 5 aromatic carbocycles. The second-order valence-corrected chi connectivity index (χ2v) is 12.3. The third-order valence-corrected chi connectivity index (χ3v) is 9.11. The van der Waals surface area contributed by atoms with Crippen LogP contribution in [0.25, 0.3) is 33.2 Å². The van der Waals surface area contributed by atoms with E-state index in [4.69, 9.17) is 10.1 Å². The van der Waals surface area contributed by atoms with Crippen molar-refractivity contribution in [3.63, 3.8) is 0 Å². The maximum Gasteiger partial charge on any atom is 0.287 e. The third kappa shape index (κ3) is 5.45. The summed E-state index contributed by atoms with van der Waals surface area (Å²) in [4.78, 5) is 25.9. The largest absolute Gasteiger partial charge is 0.347 e. The molecule has 7 heteroatoms. The van der Waals surface area contributed by atoms with Gasteiger partial charge in [0.2, 0.25) is 0 Å². The molecule has 8 rings (SSSR count). The van der Waals surface area contributed by atoms with Crippen LogP contribution in [0.4, 0.5) is 0 Å². The highest BCUT2D eigenvalue weighted by Crippen LogP contribution is 2.44. The van der Waals surface area contributed by atoms with Gasteiger partial charge in [-0.2, -0.15) is 5.10 Å². The van der Waals surface area contributed by atoms with Crippen molar-refractivity contribution in [1.82, 2.24) is 30.0 Å². The topological polar surface area (TPSA) is 88.5 Å². The summed E-state index contributed by atoms with van der Waals surface area (Å²) in [5, 5.41) is 9.51. The van der Waals surface area contributed by atoms with Gasteiger partial charge < -0.3 is 10.3 Å². The lowest BCUT2D eigenvalue weighted by molar-refractivity contribution is 0.0931. The molecule has 238 valence electrons. The van der Waals surface area contributed by atoms with Crippen molar-refractivity contribution >= 4 is 27.8 Å². The van der Waals surface area contributed by atoms with E-state index < -0.39 is 5.54 Å². The summed E-state index contributed by atoms with van der Waals surface area (Å²) in [6.45, 7) is 2.01. The van der Waals surface area contributed by atoms with Gasteiger partial charge in [-0.15, -0.1) is 0 Å². The van der Waals surface area contributed by atoms with Crippen molar-refractivity contribution in [1.29, 1.82) is 0 Å². The van der Waals surface area contributed by atoms with Gasteiger partial charge in [-0.05, 0) is 59.9 Å². The van der Waals surface area contributed by atoms with E-state index >= 15 is 0 Å². The number of nitrogens with zero attached hydrogens (tertiary/aromatic N) is 4. The first-order valence-corrected chi connectivity index (χ1v) is 16.5. The summed E-state index contributed by atoms with van der Waals surface area (Å²) < 4.78 is 2.14. The fourth-order valence-corrected chi connectivity index (χ4v) is 6.92. The molecule has 0 aliphatic heterocycles. The molecule has 3 heterocycles. The van der Waals surface area contributed by atoms with Crippen LogP contribution in [-0.2, 0) is 12.0 Å². The number of hydrogen-bond donors (Lipinski definition) is 2. The fraction of sp³-hybridized carbons (Fsp3) is 0.0952. The Hall–Kier alpha value is -6.34. The lowest BCUT2D eigenvalue weighted by Gasteiger charge is -2.37. The van der Waals surface area contributed by atoms with Crippen molar-refractivity contribution in [3.8, 4) is 11.3 Å². The van der Waals surface area contributed by atoms with Gasteiger partial charge in [0, 0.05) is 29.4 Å². The Kier molecular flexibility index (Phi) is 7.78. The van der Waals surface area contributed by atoms with E-state index in [1.807, 2.05) is 61.5 Å². The highest BCUT2D eigenvalue weighted by Gasteiger charge is 2.41. The first kappa shape index (κ1) is 30.0. The zero-order valence-electron chi connectivity index (χ0n) is 27.0. The molecule has 2 N–H and O–H groups in total. The molecule has 1 atom stereocenters. The second-order valence-electron chi connectivity index (χ2n) is 12.3. The number of aromatic nitrogens is 5. The number of benzene rings is 5. The summed E-state index contributed by atoms with van der Waals surface area (Å²) >= 11 is 0. The molecule has 49 heavy (non-hydrogen) atoms. The number of carbonyl (C=O) groups excluding carboxylic acids is 1. The first-order valence-electron chi connectivity index (χ1n) is 16.5. The number of imidazole rings is 1. The molecule has 8 aromatic rings. The molecule has 0 aliphatic carbocycles. The molecule has 0 spiro atoms. The van der Waals surface area contributed by atoms with E-state index in [0.717, 1.165) is 56.4 Å². The van der Waals surface area contributed by atoms with Crippen LogP contribution in [0.5, 0.6) is 0 Å². The van der Waals surface area contributed by atoms with Gasteiger partial charge in [-0.1, -0.05) is 121 Å². The zero-order chi connectivity index (χ0) is 33.2. The van der Waals surface area contributed by atoms with Gasteiger partial charge in [0.1, 0.15) is 11.2 Å². The van der Waals surface area contributed by atoms with Crippen molar-refractivity contribution in [2.24, 2.45) is 0 Å². The molecule has 0 saturated heterocycles. The lowest BCUT2D eigenvalue weighted by Crippen LogP contribution is -2.38. The van der Waals surface area contributed by atoms with Crippen molar-refractivity contribution in [2.45, 2.75) is 24.9 Å². The quantitative estimate of drug-likeness (QED) is 0.156. The first-order chi connectivity index (χ1) is 24.1. The van der Waals surface area contributed by atoms with Gasteiger partial charge in [0.25, 0.3) is 5.91 Å². The monoisotopic (exact) mass is 638 g/mol. The van der Waals surface area contributed by atoms with Crippen molar-refractivity contribution in [2.75, 3.05) is 0 Å². The number of rotatable bonds is 9. The summed E-state index contributed by atoms with van der Waals surface area (Å²) in [5.74, 6) is 0.0276. The molecule has 1 amide bonds. The second kappa shape index (κ2) is 12.7. The molecule has 7 nitrogen and oxygen atoms in total. The molecule has 3 aromatic heterocycles. The minimum atomic E-state index is -0.839. The van der Waals surface area contributed by atoms with Gasteiger partial charge in [0.15, 0.2) is 5.82 Å². The van der Waals surface area contributed by atoms with E-state index in [1.54, 1.807) is 12.4 Å². The number of carbonyl (C=O) groups is 1. The summed E-state index contributed by atoms with van der Waals surface area (Å²) in [7, 11) is 0. The Bertz CT molecular complexity index is 2260. The number of aromatic amines is 1. The Morgan fingerprint density at radius 1 is 0.755 bits per heavy atom. The smallest absolute Gasteiger partial charge is 0.287 e. The normalized spacial score (nSPS) is 12.3. The average molecular weight is 639 g/mol. The standard InChI is InChI=1S/C42H34N6O/c1-29(26-30-14-6-2-7-15-30)44-41(49)40-45-36-27-35-38(28-37(36)46-40)48(47-39(35)31-22-24-43-25-23-31)42(32-16-8-3-9-17-32,33-18-10-4-11-19-33)34-20-12-5-13-21-34/h2-25,27-29H,26H2,1H3,(H,44,49)(H,45,46)/t29-/m1/s1. The predicted octanol–water partition coefficient (Wildman–Crippen LogP) is 8.18. The number of nitrogens with one attached hydrogen (secondary N) is 2. The molecule has 0 saturated carbocycles. The van der Waals surface area contributed by atoms with Gasteiger partial charge >= 0.3 is 0 Å². The molecule has 0 bridgehead atoms. The highest BCUT2D eigenvalue weighted by atomic mass is 16.2. The average Bonchev–Trinajstić information content (AvgIpc) is 3.75. The van der Waals surface area contributed by atoms with E-state index in [9.17, 15) is 4.79 Å². The van der Waals surface area contributed by atoms with Crippen LogP contribution in [0, 0.1) is 0 Å². The molecular formula is C42H34N6O. The van der Waals surface area contributed by atoms with Crippen LogP contribution < -0.4 is 5.32 Å². The summed E-state index contributed by atoms with van der Waals surface area (Å²) in [6, 6.07) is 49.6. The number of H-pyrrole nitrogens is 1.